The summed E-state index contributed by atoms with van der Waals surface area (Å²) in [6.45, 7) is 0.544. The van der Waals surface area contributed by atoms with Crippen molar-refractivity contribution in [2.45, 2.75) is 50.2 Å². The Morgan fingerprint density at radius 3 is 2.46 bits per heavy atom. The van der Waals surface area contributed by atoms with Crippen LogP contribution in [-0.4, -0.2) is 46.1 Å². The molecule has 0 atom stereocenters. The van der Waals surface area contributed by atoms with Gasteiger partial charge in [-0.3, -0.25) is 9.69 Å². The average Bonchev–Trinajstić information content (AvgIpc) is 3.58. The van der Waals surface area contributed by atoms with Gasteiger partial charge in [0.15, 0.2) is 0 Å². The van der Waals surface area contributed by atoms with Gasteiger partial charge < -0.3 is 4.74 Å². The molecule has 1 saturated carbocycles. The number of benzene rings is 1. The molecule has 3 heterocycles. The first-order valence-electron chi connectivity index (χ1n) is 12.9. The van der Waals surface area contributed by atoms with Crippen LogP contribution in [0.25, 0.3) is 20.9 Å². The summed E-state index contributed by atoms with van der Waals surface area (Å²) in [5, 5.41) is 0.537. The fourth-order valence-electron chi connectivity index (χ4n) is 5.66. The Bertz CT molecular complexity index is 1470. The molecule has 0 radical (unpaired) electrons. The molecule has 1 aromatic carbocycles. The van der Waals surface area contributed by atoms with E-state index < -0.39 is 29.9 Å². The highest BCUT2D eigenvalue weighted by atomic mass is 32.1. The summed E-state index contributed by atoms with van der Waals surface area (Å²) in [5.41, 5.74) is 2.72. The zero-order chi connectivity index (χ0) is 27.4. The Balaban J connectivity index is 1.10. The van der Waals surface area contributed by atoms with E-state index in [1.807, 2.05) is 12.1 Å². The summed E-state index contributed by atoms with van der Waals surface area (Å²) in [5.74, 6) is -4.41. The van der Waals surface area contributed by atoms with E-state index in [-0.39, 0.29) is 18.5 Å². The fourth-order valence-corrected chi connectivity index (χ4v) is 6.63. The number of allylic oxidation sites excluding steroid dienone is 2. The van der Waals surface area contributed by atoms with Gasteiger partial charge in [0, 0.05) is 25.2 Å². The molecule has 1 aliphatic heterocycles. The van der Waals surface area contributed by atoms with E-state index in [2.05, 4.69) is 21.9 Å². The van der Waals surface area contributed by atoms with Crippen LogP contribution in [0.1, 0.15) is 43.4 Å². The lowest BCUT2D eigenvalue weighted by Crippen LogP contribution is -2.51. The Kier molecular flexibility index (Phi) is 6.53. The van der Waals surface area contributed by atoms with Crippen molar-refractivity contribution in [3.8, 4) is 10.6 Å². The summed E-state index contributed by atoms with van der Waals surface area (Å²) < 4.78 is 55.8. The third-order valence-electron chi connectivity index (χ3n) is 7.89. The summed E-state index contributed by atoms with van der Waals surface area (Å²) in [6, 6.07) is 8.81. The van der Waals surface area contributed by atoms with Crippen LogP contribution in [0.3, 0.4) is 0 Å². The number of hydrogen-bond donors (Lipinski definition) is 0. The van der Waals surface area contributed by atoms with Crippen molar-refractivity contribution >= 4 is 33.6 Å². The van der Waals surface area contributed by atoms with E-state index in [1.54, 1.807) is 17.0 Å². The van der Waals surface area contributed by atoms with Crippen LogP contribution in [0.5, 0.6) is 0 Å². The molecule has 6 rings (SSSR count). The third-order valence-corrected chi connectivity index (χ3v) is 8.89. The van der Waals surface area contributed by atoms with Crippen LogP contribution in [0.2, 0.25) is 0 Å². The number of aromatic nitrogens is 2. The first kappa shape index (κ1) is 26.1. The Labute approximate surface area is 225 Å². The van der Waals surface area contributed by atoms with Crippen molar-refractivity contribution in [1.82, 2.24) is 14.9 Å². The minimum atomic E-state index is -5.22. The largest absolute Gasteiger partial charge is 0.491 e. The Hall–Kier alpha value is -3.18. The molecule has 2 aromatic heterocycles. The molecule has 6 nitrogen and oxygen atoms in total. The number of esters is 2. The van der Waals surface area contributed by atoms with E-state index in [0.29, 0.717) is 28.6 Å². The monoisotopic (exact) mass is 559 g/mol. The number of ether oxygens (including phenoxy) is 1. The van der Waals surface area contributed by atoms with Crippen LogP contribution in [0.15, 0.2) is 42.5 Å². The Morgan fingerprint density at radius 2 is 1.79 bits per heavy atom. The normalized spacial score (nSPS) is 19.7. The topological polar surface area (TPSA) is 72.4 Å². The lowest BCUT2D eigenvalue weighted by molar-refractivity contribution is -0.204. The molecule has 0 amide bonds. The highest BCUT2D eigenvalue weighted by molar-refractivity contribution is 7.21. The Morgan fingerprint density at radius 1 is 1.05 bits per heavy atom. The number of thiazole rings is 1. The fraction of sp³-hybridized carbons (Fsp3) is 0.429. The molecule has 0 bridgehead atoms. The van der Waals surface area contributed by atoms with E-state index in [4.69, 9.17) is 4.98 Å². The van der Waals surface area contributed by atoms with Crippen molar-refractivity contribution in [2.75, 3.05) is 13.1 Å². The quantitative estimate of drug-likeness (QED) is 0.161. The smallest absolute Gasteiger partial charge is 0.386 e. The van der Waals surface area contributed by atoms with Gasteiger partial charge in [-0.1, -0.05) is 48.8 Å². The maximum Gasteiger partial charge on any atom is 0.491 e. The number of likely N-dealkylation sites (tertiary alicyclic amines) is 1. The van der Waals surface area contributed by atoms with Gasteiger partial charge >= 0.3 is 18.1 Å². The maximum atomic E-state index is 15.1. The molecule has 2 aliphatic carbocycles. The van der Waals surface area contributed by atoms with Crippen molar-refractivity contribution in [2.24, 2.45) is 11.8 Å². The predicted octanol–water partition coefficient (Wildman–Crippen LogP) is 5.95. The van der Waals surface area contributed by atoms with Crippen LogP contribution >= 0.6 is 11.3 Å². The van der Waals surface area contributed by atoms with Crippen molar-refractivity contribution in [1.29, 1.82) is 0 Å². The second kappa shape index (κ2) is 9.78. The molecular formula is C28H25F4N3O3S. The van der Waals surface area contributed by atoms with Gasteiger partial charge in [0.25, 0.3) is 0 Å². The average molecular weight is 560 g/mol. The number of halogens is 4. The number of carbonyl (C=O) groups is 2. The van der Waals surface area contributed by atoms with Gasteiger partial charge in [-0.25, -0.2) is 19.2 Å². The third kappa shape index (κ3) is 5.09. The van der Waals surface area contributed by atoms with Gasteiger partial charge in [0.1, 0.15) is 21.2 Å². The van der Waals surface area contributed by atoms with Crippen LogP contribution in [0, 0.1) is 17.7 Å². The molecule has 39 heavy (non-hydrogen) atoms. The van der Waals surface area contributed by atoms with E-state index in [9.17, 15) is 22.8 Å². The first-order valence-corrected chi connectivity index (χ1v) is 13.8. The van der Waals surface area contributed by atoms with Crippen LogP contribution in [0.4, 0.5) is 17.6 Å². The van der Waals surface area contributed by atoms with Crippen LogP contribution < -0.4 is 0 Å². The number of rotatable bonds is 6. The highest BCUT2D eigenvalue weighted by Crippen LogP contribution is 2.50. The summed E-state index contributed by atoms with van der Waals surface area (Å²) >= 11 is 1.36. The van der Waals surface area contributed by atoms with Gasteiger partial charge in [-0.2, -0.15) is 13.2 Å². The number of hydrogen-bond acceptors (Lipinski definition) is 7. The maximum absolute atomic E-state index is 15.1. The number of carbonyl (C=O) groups excluding carboxylic acids is 2. The van der Waals surface area contributed by atoms with E-state index in [0.717, 1.165) is 16.0 Å². The molecule has 0 N–H and O–H groups in total. The first-order chi connectivity index (χ1) is 18.6. The summed E-state index contributed by atoms with van der Waals surface area (Å²) in [4.78, 5) is 34.6. The molecule has 3 aromatic rings. The number of pyridine rings is 1. The standard InChI is InChI=1S/C28H25F4N3O3S/c29-20-12-16(13-35-14-17(15-35)25(36)38-26(37)28(30,31)32)6-7-19(20)23-33-21-8-9-22(34-24(21)39-23)27(10-11-27)18-4-2-1-3-5-18/h6-12,17-18H,1-5,13-15H2. The van der Waals surface area contributed by atoms with Gasteiger partial charge in [-0.15, -0.1) is 0 Å². The van der Waals surface area contributed by atoms with E-state index >= 15 is 4.39 Å². The number of fused-ring (bicyclic) bond motifs is 1. The molecule has 0 unspecified atom stereocenters. The van der Waals surface area contributed by atoms with E-state index in [1.165, 1.54) is 49.5 Å². The molecule has 3 aliphatic rings. The highest BCUT2D eigenvalue weighted by Gasteiger charge is 2.46. The molecule has 0 spiro atoms. The van der Waals surface area contributed by atoms with Gasteiger partial charge in [0.05, 0.1) is 17.0 Å². The molecule has 2 fully saturated rings. The van der Waals surface area contributed by atoms with Gasteiger partial charge in [-0.05, 0) is 48.6 Å². The second-order valence-electron chi connectivity index (χ2n) is 10.6. The number of nitrogens with zero attached hydrogens (tertiary/aromatic N) is 3. The van der Waals surface area contributed by atoms with Crippen LogP contribution in [-0.2, 0) is 26.3 Å². The van der Waals surface area contributed by atoms with Crippen molar-refractivity contribution in [3.63, 3.8) is 0 Å². The summed E-state index contributed by atoms with van der Waals surface area (Å²) in [6.07, 6.45) is 5.50. The lowest BCUT2D eigenvalue weighted by Gasteiger charge is -2.37. The zero-order valence-corrected chi connectivity index (χ0v) is 21.7. The van der Waals surface area contributed by atoms with Gasteiger partial charge in [0.2, 0.25) is 0 Å². The zero-order valence-electron chi connectivity index (χ0n) is 20.8. The summed E-state index contributed by atoms with van der Waals surface area (Å²) in [7, 11) is 0. The SMILES string of the molecule is O=C(OC(=O)C(F)(F)F)C1CN(Cc2ccc(-c3nc4ccc(C5(C6CCCCC6)C=C5)nc4s3)c(F)c2)C1. The minimum Gasteiger partial charge on any atom is -0.386 e. The van der Waals surface area contributed by atoms with Crippen molar-refractivity contribution < 1.29 is 31.9 Å². The lowest BCUT2D eigenvalue weighted by atomic mass is 9.74. The predicted molar refractivity (Wildman–Crippen MR) is 136 cm³/mol. The molecule has 1 saturated heterocycles. The molecule has 204 valence electrons. The number of alkyl halides is 3. The van der Waals surface area contributed by atoms with Crippen molar-refractivity contribution in [3.05, 3.63) is 59.6 Å². The molecule has 11 heteroatoms. The minimum absolute atomic E-state index is 0.0495. The molecular weight excluding hydrogens is 534 g/mol. The second-order valence-corrected chi connectivity index (χ2v) is 11.5.